The van der Waals surface area contributed by atoms with Crippen LogP contribution in [0.15, 0.2) is 18.2 Å². The summed E-state index contributed by atoms with van der Waals surface area (Å²) in [5, 5.41) is 0.964. The molecule has 5 nitrogen and oxygen atoms in total. The monoisotopic (exact) mass is 359 g/mol. The molecule has 0 unspecified atom stereocenters. The smallest absolute Gasteiger partial charge is 0.260 e. The molecule has 0 aliphatic carbocycles. The van der Waals surface area contributed by atoms with Crippen molar-refractivity contribution >= 4 is 29.1 Å². The van der Waals surface area contributed by atoms with Crippen LogP contribution in [-0.4, -0.2) is 50.0 Å². The second kappa shape index (κ2) is 7.71. The number of rotatable bonds is 4. The predicted molar refractivity (Wildman–Crippen MR) is 87.0 cm³/mol. The van der Waals surface area contributed by atoms with Crippen molar-refractivity contribution in [2.45, 2.75) is 19.1 Å². The van der Waals surface area contributed by atoms with E-state index < -0.39 is 0 Å². The van der Waals surface area contributed by atoms with Crippen LogP contribution in [0.4, 0.5) is 0 Å². The van der Waals surface area contributed by atoms with Crippen LogP contribution in [0.5, 0.6) is 5.75 Å². The number of piperidine rings is 1. The van der Waals surface area contributed by atoms with Crippen LogP contribution < -0.4 is 4.74 Å². The molecule has 2 aliphatic heterocycles. The Morgan fingerprint density at radius 2 is 1.91 bits per heavy atom. The van der Waals surface area contributed by atoms with Crippen molar-refractivity contribution in [2.24, 2.45) is 5.92 Å². The maximum absolute atomic E-state index is 12.3. The molecule has 2 heterocycles. The molecule has 0 atom stereocenters. The highest BCUT2D eigenvalue weighted by atomic mass is 35.5. The molecule has 0 bridgehead atoms. The number of nitrogens with zero attached hydrogens (tertiary/aromatic N) is 1. The molecular weight excluding hydrogens is 341 g/mol. The number of hydrogen-bond donors (Lipinski definition) is 0. The Hall–Kier alpha value is -1.01. The summed E-state index contributed by atoms with van der Waals surface area (Å²) in [4.78, 5) is 14.1. The Balaban J connectivity index is 1.47. The third kappa shape index (κ3) is 4.29. The molecule has 2 saturated heterocycles. The molecule has 2 fully saturated rings. The molecule has 23 heavy (non-hydrogen) atoms. The quantitative estimate of drug-likeness (QED) is 0.828. The van der Waals surface area contributed by atoms with E-state index in [1.54, 1.807) is 18.2 Å². The minimum Gasteiger partial charge on any atom is -0.482 e. The van der Waals surface area contributed by atoms with Crippen molar-refractivity contribution < 1.29 is 19.0 Å². The first kappa shape index (κ1) is 16.8. The van der Waals surface area contributed by atoms with Crippen LogP contribution in [0.2, 0.25) is 10.0 Å². The fourth-order valence-corrected chi connectivity index (χ4v) is 3.22. The summed E-state index contributed by atoms with van der Waals surface area (Å²) < 4.78 is 16.6. The summed E-state index contributed by atoms with van der Waals surface area (Å²) >= 11 is 11.9. The molecule has 3 rings (SSSR count). The van der Waals surface area contributed by atoms with E-state index >= 15 is 0 Å². The van der Waals surface area contributed by atoms with Gasteiger partial charge in [-0.1, -0.05) is 23.2 Å². The second-order valence-electron chi connectivity index (χ2n) is 5.69. The first-order chi connectivity index (χ1) is 11.1. The lowest BCUT2D eigenvalue weighted by Crippen LogP contribution is -2.43. The van der Waals surface area contributed by atoms with E-state index in [0.29, 0.717) is 48.0 Å². The summed E-state index contributed by atoms with van der Waals surface area (Å²) in [5.41, 5.74) is 0. The third-order valence-electron chi connectivity index (χ3n) is 4.17. The normalized spacial score (nSPS) is 20.0. The van der Waals surface area contributed by atoms with Gasteiger partial charge in [-0.05, 0) is 25.0 Å². The molecule has 1 amide bonds. The lowest BCUT2D eigenvalue weighted by molar-refractivity contribution is -0.138. The fraction of sp³-hybridized carbons (Fsp3) is 0.562. The SMILES string of the molecule is O=C(COc1cc(Cl)ccc1Cl)N1CCC(C2OCCO2)CC1. The van der Waals surface area contributed by atoms with Gasteiger partial charge in [0.05, 0.1) is 18.2 Å². The van der Waals surface area contributed by atoms with E-state index in [-0.39, 0.29) is 18.8 Å². The number of hydrogen-bond acceptors (Lipinski definition) is 4. The van der Waals surface area contributed by atoms with Gasteiger partial charge >= 0.3 is 0 Å². The largest absolute Gasteiger partial charge is 0.482 e. The van der Waals surface area contributed by atoms with E-state index in [0.717, 1.165) is 12.8 Å². The lowest BCUT2D eigenvalue weighted by Gasteiger charge is -2.33. The van der Waals surface area contributed by atoms with E-state index in [1.165, 1.54) is 0 Å². The van der Waals surface area contributed by atoms with Gasteiger partial charge in [0.15, 0.2) is 12.9 Å². The molecule has 0 radical (unpaired) electrons. The number of benzene rings is 1. The van der Waals surface area contributed by atoms with Crippen molar-refractivity contribution in [3.63, 3.8) is 0 Å². The van der Waals surface area contributed by atoms with Gasteiger partial charge in [0.25, 0.3) is 5.91 Å². The number of likely N-dealkylation sites (tertiary alicyclic amines) is 1. The van der Waals surface area contributed by atoms with Gasteiger partial charge in [-0.3, -0.25) is 4.79 Å². The van der Waals surface area contributed by atoms with Crippen LogP contribution in [-0.2, 0) is 14.3 Å². The van der Waals surface area contributed by atoms with Crippen molar-refractivity contribution in [1.82, 2.24) is 4.90 Å². The summed E-state index contributed by atoms with van der Waals surface area (Å²) in [6.07, 6.45) is 1.66. The number of ether oxygens (including phenoxy) is 3. The molecule has 1 aromatic rings. The average Bonchev–Trinajstić information content (AvgIpc) is 3.10. The zero-order valence-corrected chi connectivity index (χ0v) is 14.2. The van der Waals surface area contributed by atoms with Crippen molar-refractivity contribution in [1.29, 1.82) is 0 Å². The van der Waals surface area contributed by atoms with Crippen molar-refractivity contribution in [2.75, 3.05) is 32.9 Å². The van der Waals surface area contributed by atoms with Crippen LogP contribution >= 0.6 is 23.2 Å². The molecule has 0 spiro atoms. The maximum Gasteiger partial charge on any atom is 0.260 e. The molecule has 2 aliphatic rings. The van der Waals surface area contributed by atoms with Gasteiger partial charge in [-0.25, -0.2) is 0 Å². The van der Waals surface area contributed by atoms with E-state index in [9.17, 15) is 4.79 Å². The standard InChI is InChI=1S/C16H19Cl2NO4/c17-12-1-2-13(18)14(9-12)23-10-15(20)19-5-3-11(4-6-19)16-21-7-8-22-16/h1-2,9,11,16H,3-8,10H2. The fourth-order valence-electron chi connectivity index (χ4n) is 2.89. The van der Waals surface area contributed by atoms with E-state index in [4.69, 9.17) is 37.4 Å². The number of carbonyl (C=O) groups excluding carboxylic acids is 1. The molecule has 0 N–H and O–H groups in total. The zero-order valence-electron chi connectivity index (χ0n) is 12.7. The van der Waals surface area contributed by atoms with Crippen LogP contribution in [0.25, 0.3) is 0 Å². The first-order valence-electron chi connectivity index (χ1n) is 7.72. The Morgan fingerprint density at radius 1 is 1.22 bits per heavy atom. The zero-order chi connectivity index (χ0) is 16.2. The Kier molecular flexibility index (Phi) is 5.64. The van der Waals surface area contributed by atoms with Gasteiger partial charge in [0.1, 0.15) is 5.75 Å². The van der Waals surface area contributed by atoms with Gasteiger partial charge in [0, 0.05) is 30.1 Å². The molecule has 126 valence electrons. The number of halogens is 2. The van der Waals surface area contributed by atoms with Crippen molar-refractivity contribution in [3.05, 3.63) is 28.2 Å². The molecule has 7 heteroatoms. The minimum absolute atomic E-state index is 0.0405. The van der Waals surface area contributed by atoms with Crippen LogP contribution in [0.1, 0.15) is 12.8 Å². The van der Waals surface area contributed by atoms with Gasteiger partial charge in [-0.15, -0.1) is 0 Å². The highest BCUT2D eigenvalue weighted by Crippen LogP contribution is 2.28. The van der Waals surface area contributed by atoms with Crippen LogP contribution in [0, 0.1) is 5.92 Å². The third-order valence-corrected chi connectivity index (χ3v) is 4.72. The highest BCUT2D eigenvalue weighted by Gasteiger charge is 2.31. The van der Waals surface area contributed by atoms with Gasteiger partial charge < -0.3 is 19.1 Å². The van der Waals surface area contributed by atoms with Gasteiger partial charge in [-0.2, -0.15) is 0 Å². The first-order valence-corrected chi connectivity index (χ1v) is 8.48. The summed E-state index contributed by atoms with van der Waals surface area (Å²) in [6, 6.07) is 4.94. The Bertz CT molecular complexity index is 555. The summed E-state index contributed by atoms with van der Waals surface area (Å²) in [6.45, 7) is 2.68. The number of carbonyl (C=O) groups is 1. The average molecular weight is 360 g/mol. The summed E-state index contributed by atoms with van der Waals surface area (Å²) in [5.74, 6) is 0.743. The number of amides is 1. The maximum atomic E-state index is 12.3. The van der Waals surface area contributed by atoms with Crippen LogP contribution in [0.3, 0.4) is 0 Å². The van der Waals surface area contributed by atoms with Gasteiger partial charge in [0.2, 0.25) is 0 Å². The second-order valence-corrected chi connectivity index (χ2v) is 6.54. The molecule has 0 aromatic heterocycles. The van der Waals surface area contributed by atoms with E-state index in [1.807, 2.05) is 4.90 Å². The lowest BCUT2D eigenvalue weighted by atomic mass is 9.96. The van der Waals surface area contributed by atoms with Crippen molar-refractivity contribution in [3.8, 4) is 5.75 Å². The minimum atomic E-state index is -0.103. The predicted octanol–water partition coefficient (Wildman–Crippen LogP) is 2.98. The highest BCUT2D eigenvalue weighted by molar-refractivity contribution is 6.34. The van der Waals surface area contributed by atoms with E-state index in [2.05, 4.69) is 0 Å². The molecule has 1 aromatic carbocycles. The Morgan fingerprint density at radius 3 is 2.61 bits per heavy atom. The molecular formula is C16H19Cl2NO4. The summed E-state index contributed by atoms with van der Waals surface area (Å²) in [7, 11) is 0. The molecule has 0 saturated carbocycles. The topological polar surface area (TPSA) is 48.0 Å². The Labute approximate surface area is 145 Å².